The molecule has 2 saturated heterocycles. The normalized spacial score (nSPS) is 25.2. The van der Waals surface area contributed by atoms with Crippen LogP contribution < -0.4 is 4.31 Å². The number of para-hydroxylation sites is 1. The minimum atomic E-state index is -3.38. The average Bonchev–Trinajstić information content (AvgIpc) is 3.14. The molecule has 2 aliphatic rings. The van der Waals surface area contributed by atoms with Crippen LogP contribution in [0.15, 0.2) is 48.5 Å². The summed E-state index contributed by atoms with van der Waals surface area (Å²) in [6.07, 6.45) is 1.34. The van der Waals surface area contributed by atoms with Gasteiger partial charge in [-0.05, 0) is 42.7 Å². The Kier molecular flexibility index (Phi) is 4.68. The molecule has 0 aliphatic carbocycles. The summed E-state index contributed by atoms with van der Waals surface area (Å²) in [6.45, 7) is 2.55. The predicted octanol–water partition coefficient (Wildman–Crippen LogP) is 4.18. The lowest BCUT2D eigenvalue weighted by atomic mass is 10.0. The summed E-state index contributed by atoms with van der Waals surface area (Å²) in [5.74, 6) is 0. The first-order valence-electron chi connectivity index (χ1n) is 8.65. The molecule has 26 heavy (non-hydrogen) atoms. The number of anilines is 1. The first kappa shape index (κ1) is 18.1. The standard InChI is InChI=1S/C19H20Cl2N2O2S/c20-17-7-6-15(12-18(17)21)13-22-10-8-19(14-22)9-11-23(26(19,24)25)16-4-2-1-3-5-16/h1-7,12H,8-11,13-14H2. The molecule has 2 aromatic rings. The van der Waals surface area contributed by atoms with Crippen molar-refractivity contribution in [2.45, 2.75) is 24.1 Å². The van der Waals surface area contributed by atoms with E-state index in [1.807, 2.05) is 42.5 Å². The fourth-order valence-electron chi connectivity index (χ4n) is 4.02. The largest absolute Gasteiger partial charge is 0.297 e. The van der Waals surface area contributed by atoms with E-state index in [4.69, 9.17) is 23.2 Å². The van der Waals surface area contributed by atoms with Crippen molar-refractivity contribution in [2.75, 3.05) is 23.9 Å². The molecule has 2 aliphatic heterocycles. The summed E-state index contributed by atoms with van der Waals surface area (Å²) >= 11 is 12.1. The maximum absolute atomic E-state index is 13.3. The molecule has 2 fully saturated rings. The van der Waals surface area contributed by atoms with Gasteiger partial charge in [0.25, 0.3) is 0 Å². The summed E-state index contributed by atoms with van der Waals surface area (Å²) < 4.78 is 27.4. The highest BCUT2D eigenvalue weighted by Crippen LogP contribution is 2.43. The Morgan fingerprint density at radius 1 is 0.962 bits per heavy atom. The number of likely N-dealkylation sites (tertiary alicyclic amines) is 1. The van der Waals surface area contributed by atoms with Gasteiger partial charge in [-0.1, -0.05) is 47.5 Å². The van der Waals surface area contributed by atoms with Crippen LogP contribution in [-0.2, 0) is 16.6 Å². The van der Waals surface area contributed by atoms with Crippen LogP contribution >= 0.6 is 23.2 Å². The van der Waals surface area contributed by atoms with Gasteiger partial charge in [0.05, 0.1) is 15.7 Å². The SMILES string of the molecule is O=S1(=O)N(c2ccccc2)CCC12CCN(Cc1ccc(Cl)c(Cl)c1)C2. The van der Waals surface area contributed by atoms with Gasteiger partial charge in [0.2, 0.25) is 10.0 Å². The smallest absolute Gasteiger partial charge is 0.242 e. The van der Waals surface area contributed by atoms with Crippen molar-refractivity contribution in [3.63, 3.8) is 0 Å². The third kappa shape index (κ3) is 3.01. The van der Waals surface area contributed by atoms with Gasteiger partial charge in [0.15, 0.2) is 0 Å². The zero-order chi connectivity index (χ0) is 18.4. The molecule has 4 rings (SSSR count). The molecular formula is C19H20Cl2N2O2S. The molecule has 4 nitrogen and oxygen atoms in total. The fourth-order valence-corrected chi connectivity index (χ4v) is 6.59. The molecule has 0 saturated carbocycles. The van der Waals surface area contributed by atoms with Crippen molar-refractivity contribution in [3.05, 3.63) is 64.1 Å². The van der Waals surface area contributed by atoms with Crippen LogP contribution in [0.4, 0.5) is 5.69 Å². The molecule has 0 bridgehead atoms. The van der Waals surface area contributed by atoms with Gasteiger partial charge < -0.3 is 0 Å². The van der Waals surface area contributed by atoms with Crippen molar-refractivity contribution < 1.29 is 8.42 Å². The molecule has 138 valence electrons. The van der Waals surface area contributed by atoms with E-state index < -0.39 is 14.8 Å². The number of hydrogen-bond acceptors (Lipinski definition) is 3. The van der Waals surface area contributed by atoms with Crippen LogP contribution in [-0.4, -0.2) is 37.7 Å². The Hall–Kier alpha value is -1.27. The average molecular weight is 411 g/mol. The van der Waals surface area contributed by atoms with Crippen molar-refractivity contribution >= 4 is 38.9 Å². The Bertz CT molecular complexity index is 920. The Morgan fingerprint density at radius 2 is 1.69 bits per heavy atom. The molecule has 0 radical (unpaired) electrons. The molecule has 1 unspecified atom stereocenters. The van der Waals surface area contributed by atoms with E-state index in [-0.39, 0.29) is 0 Å². The first-order chi connectivity index (χ1) is 12.4. The van der Waals surface area contributed by atoms with Crippen LogP contribution in [0.25, 0.3) is 0 Å². The molecule has 0 N–H and O–H groups in total. The monoisotopic (exact) mass is 410 g/mol. The van der Waals surface area contributed by atoms with Crippen LogP contribution in [0.3, 0.4) is 0 Å². The summed E-state index contributed by atoms with van der Waals surface area (Å²) in [7, 11) is -3.38. The zero-order valence-electron chi connectivity index (χ0n) is 14.2. The van der Waals surface area contributed by atoms with E-state index in [9.17, 15) is 8.42 Å². The molecule has 0 amide bonds. The summed E-state index contributed by atoms with van der Waals surface area (Å²) in [6, 6.07) is 15.0. The van der Waals surface area contributed by atoms with Gasteiger partial charge >= 0.3 is 0 Å². The third-order valence-corrected chi connectivity index (χ3v) is 8.78. The van der Waals surface area contributed by atoms with Crippen molar-refractivity contribution in [3.8, 4) is 0 Å². The highest BCUT2D eigenvalue weighted by atomic mass is 35.5. The number of benzene rings is 2. The van der Waals surface area contributed by atoms with Gasteiger partial charge in [-0.3, -0.25) is 9.21 Å². The van der Waals surface area contributed by atoms with Gasteiger partial charge in [-0.2, -0.15) is 0 Å². The Morgan fingerprint density at radius 3 is 2.42 bits per heavy atom. The minimum absolute atomic E-state index is 0.529. The van der Waals surface area contributed by atoms with Crippen molar-refractivity contribution in [2.24, 2.45) is 0 Å². The van der Waals surface area contributed by atoms with Crippen LogP contribution in [0.2, 0.25) is 10.0 Å². The number of nitrogens with zero attached hydrogens (tertiary/aromatic N) is 2. The summed E-state index contributed by atoms with van der Waals surface area (Å²) in [4.78, 5) is 2.20. The lowest BCUT2D eigenvalue weighted by Crippen LogP contribution is -2.42. The van der Waals surface area contributed by atoms with E-state index in [0.717, 1.165) is 17.8 Å². The van der Waals surface area contributed by atoms with Gasteiger partial charge in [0.1, 0.15) is 4.75 Å². The lowest BCUT2D eigenvalue weighted by molar-refractivity contribution is 0.320. The highest BCUT2D eigenvalue weighted by Gasteiger charge is 2.55. The molecule has 0 aromatic heterocycles. The van der Waals surface area contributed by atoms with E-state index in [0.29, 0.717) is 42.5 Å². The minimum Gasteiger partial charge on any atom is -0.297 e. The van der Waals surface area contributed by atoms with Gasteiger partial charge in [0, 0.05) is 26.2 Å². The Labute approximate surface area is 164 Å². The fraction of sp³-hybridized carbons (Fsp3) is 0.368. The Balaban J connectivity index is 1.53. The van der Waals surface area contributed by atoms with E-state index in [1.54, 1.807) is 10.4 Å². The first-order valence-corrected chi connectivity index (χ1v) is 10.8. The van der Waals surface area contributed by atoms with Gasteiger partial charge in [-0.25, -0.2) is 8.42 Å². The van der Waals surface area contributed by atoms with E-state index in [1.165, 1.54) is 0 Å². The maximum atomic E-state index is 13.3. The molecule has 1 atom stereocenters. The second kappa shape index (κ2) is 6.71. The second-order valence-corrected chi connectivity index (χ2v) is 10.1. The van der Waals surface area contributed by atoms with Crippen molar-refractivity contribution in [1.29, 1.82) is 0 Å². The van der Waals surface area contributed by atoms with Gasteiger partial charge in [-0.15, -0.1) is 0 Å². The maximum Gasteiger partial charge on any atom is 0.242 e. The number of rotatable bonds is 3. The number of halogens is 2. The molecule has 1 spiro atoms. The summed E-state index contributed by atoms with van der Waals surface area (Å²) in [5, 5.41) is 1.06. The number of hydrogen-bond donors (Lipinski definition) is 0. The predicted molar refractivity (Wildman–Crippen MR) is 106 cm³/mol. The van der Waals surface area contributed by atoms with Crippen LogP contribution in [0.1, 0.15) is 18.4 Å². The van der Waals surface area contributed by atoms with Crippen molar-refractivity contribution in [1.82, 2.24) is 4.90 Å². The van der Waals surface area contributed by atoms with Crippen LogP contribution in [0, 0.1) is 0 Å². The third-order valence-electron chi connectivity index (χ3n) is 5.44. The summed E-state index contributed by atoms with van der Waals surface area (Å²) in [5.41, 5.74) is 1.80. The van der Waals surface area contributed by atoms with E-state index >= 15 is 0 Å². The van der Waals surface area contributed by atoms with E-state index in [2.05, 4.69) is 4.90 Å². The lowest BCUT2D eigenvalue weighted by Gasteiger charge is -2.26. The molecular weight excluding hydrogens is 391 g/mol. The van der Waals surface area contributed by atoms with Crippen LogP contribution in [0.5, 0.6) is 0 Å². The molecule has 2 heterocycles. The number of sulfonamides is 1. The quantitative estimate of drug-likeness (QED) is 0.761. The second-order valence-electron chi connectivity index (χ2n) is 7.05. The zero-order valence-corrected chi connectivity index (χ0v) is 16.6. The highest BCUT2D eigenvalue weighted by molar-refractivity contribution is 7.94. The topological polar surface area (TPSA) is 40.6 Å². The molecule has 2 aromatic carbocycles. The molecule has 7 heteroatoms.